The van der Waals surface area contributed by atoms with Crippen LogP contribution in [-0.4, -0.2) is 118 Å². The fraction of sp³-hybridized carbons (Fsp3) is 0.864. The smallest absolute Gasteiger partial charge is 0.337 e. The van der Waals surface area contributed by atoms with E-state index in [9.17, 15) is 9.59 Å². The van der Waals surface area contributed by atoms with Crippen LogP contribution in [0.3, 0.4) is 0 Å². The molecule has 2 heterocycles. The van der Waals surface area contributed by atoms with Crippen LogP contribution in [-0.2, 0) is 57.0 Å². The molecule has 2 saturated heterocycles. The van der Waals surface area contributed by atoms with Crippen LogP contribution in [0.4, 0.5) is 0 Å². The largest absolute Gasteiger partial charge is 0.467 e. The van der Waals surface area contributed by atoms with Crippen molar-refractivity contribution in [3.8, 4) is 0 Å². The van der Waals surface area contributed by atoms with Gasteiger partial charge < -0.3 is 47.4 Å². The van der Waals surface area contributed by atoms with Crippen LogP contribution in [0, 0.1) is 5.41 Å². The van der Waals surface area contributed by atoms with Gasteiger partial charge in [-0.3, -0.25) is 10.2 Å². The van der Waals surface area contributed by atoms with Crippen LogP contribution in [0.1, 0.15) is 20.8 Å². The molecule has 0 spiro atoms. The molecular formula is C22H34Cl3NO12. The van der Waals surface area contributed by atoms with Crippen molar-refractivity contribution in [1.29, 1.82) is 5.41 Å². The molecule has 2 rings (SSSR count). The maximum absolute atomic E-state index is 12.6. The lowest BCUT2D eigenvalue weighted by Crippen LogP contribution is -2.71. The summed E-state index contributed by atoms with van der Waals surface area (Å²) in [5.74, 6) is -2.17. The van der Waals surface area contributed by atoms with Crippen LogP contribution in [0.15, 0.2) is 0 Å². The Bertz CT molecular complexity index is 845. The minimum atomic E-state index is -2.18. The van der Waals surface area contributed by atoms with E-state index in [4.69, 9.17) is 87.6 Å². The Morgan fingerprint density at radius 2 is 1.42 bits per heavy atom. The maximum atomic E-state index is 12.6. The third-order valence-corrected chi connectivity index (χ3v) is 6.81. The second-order valence-corrected chi connectivity index (χ2v) is 11.0. The van der Waals surface area contributed by atoms with Gasteiger partial charge in [0.25, 0.3) is 3.79 Å². The Balaban J connectivity index is 2.56. The van der Waals surface area contributed by atoms with Crippen molar-refractivity contribution in [1.82, 2.24) is 0 Å². The molecule has 0 saturated carbocycles. The number of rotatable bonds is 9. The molecule has 0 radical (unpaired) electrons. The fourth-order valence-electron chi connectivity index (χ4n) is 4.73. The first-order chi connectivity index (χ1) is 17.7. The van der Waals surface area contributed by atoms with Crippen LogP contribution < -0.4 is 0 Å². The van der Waals surface area contributed by atoms with Crippen molar-refractivity contribution < 1.29 is 57.0 Å². The highest BCUT2D eigenvalue weighted by atomic mass is 35.6. The van der Waals surface area contributed by atoms with Gasteiger partial charge in [0.1, 0.15) is 23.9 Å². The van der Waals surface area contributed by atoms with Crippen molar-refractivity contribution in [3.63, 3.8) is 0 Å². The van der Waals surface area contributed by atoms with E-state index in [1.807, 2.05) is 0 Å². The second-order valence-electron chi connectivity index (χ2n) is 8.69. The Morgan fingerprint density at radius 1 is 0.842 bits per heavy atom. The number of esters is 2. The number of nitrogens with one attached hydrogen (secondary N) is 1. The molecule has 0 aliphatic carbocycles. The number of carbonyl (C=O) groups is 2. The first-order valence-electron chi connectivity index (χ1n) is 11.4. The molecule has 38 heavy (non-hydrogen) atoms. The van der Waals surface area contributed by atoms with E-state index in [0.29, 0.717) is 0 Å². The number of alkyl halides is 3. The monoisotopic (exact) mass is 609 g/mol. The number of hydrogen-bond acceptors (Lipinski definition) is 13. The molecule has 13 nitrogen and oxygen atoms in total. The third kappa shape index (κ3) is 7.00. The summed E-state index contributed by atoms with van der Waals surface area (Å²) in [6.45, 7) is 4.46. The van der Waals surface area contributed by atoms with E-state index in [0.717, 1.165) is 0 Å². The summed E-state index contributed by atoms with van der Waals surface area (Å²) in [4.78, 5) is 24.7. The molecule has 1 N–H and O–H groups in total. The minimum Gasteiger partial charge on any atom is -0.467 e. The van der Waals surface area contributed by atoms with Gasteiger partial charge in [-0.05, 0) is 13.8 Å². The number of halogens is 3. The van der Waals surface area contributed by atoms with Crippen molar-refractivity contribution in [2.24, 2.45) is 0 Å². The average molecular weight is 611 g/mol. The highest BCUT2D eigenvalue weighted by molar-refractivity contribution is 6.76. The lowest BCUT2D eigenvalue weighted by molar-refractivity contribution is -0.382. The lowest BCUT2D eigenvalue weighted by Gasteiger charge is -2.53. The SMILES string of the molecule is COC(=O)[C@H]1O[C@@H](O[C@@]2(C)[C@@H](OC)C(OC(=N)C(Cl)(Cl)Cl)O[C@@H](C)[C@@H]2OC)[C@H](OC(C)=O)[C@@H](OC)[C@@H]1OC. The Labute approximate surface area is 235 Å². The molecule has 0 bridgehead atoms. The zero-order valence-corrected chi connectivity index (χ0v) is 24.5. The Kier molecular flexibility index (Phi) is 11.9. The molecule has 0 aromatic heterocycles. The molecule has 220 valence electrons. The summed E-state index contributed by atoms with van der Waals surface area (Å²) in [5.41, 5.74) is -1.50. The molecule has 0 aromatic rings. The first kappa shape index (κ1) is 33.2. The minimum absolute atomic E-state index is 0.671. The summed E-state index contributed by atoms with van der Waals surface area (Å²) in [6, 6.07) is 0. The highest BCUT2D eigenvalue weighted by Gasteiger charge is 2.61. The zero-order chi connectivity index (χ0) is 29.0. The van der Waals surface area contributed by atoms with Crippen LogP contribution in [0.2, 0.25) is 0 Å². The van der Waals surface area contributed by atoms with Crippen molar-refractivity contribution in [2.45, 2.75) is 85.5 Å². The quantitative estimate of drug-likeness (QED) is 0.175. The van der Waals surface area contributed by atoms with E-state index in [2.05, 4.69) is 0 Å². The number of ether oxygens (including phenoxy) is 10. The molecule has 2 aliphatic rings. The van der Waals surface area contributed by atoms with Crippen molar-refractivity contribution in [3.05, 3.63) is 0 Å². The van der Waals surface area contributed by atoms with Crippen LogP contribution in [0.5, 0.6) is 0 Å². The van der Waals surface area contributed by atoms with E-state index >= 15 is 0 Å². The molecule has 2 fully saturated rings. The average Bonchev–Trinajstić information content (AvgIpc) is 2.83. The highest BCUT2D eigenvalue weighted by Crippen LogP contribution is 2.41. The number of carbonyl (C=O) groups excluding carboxylic acids is 2. The zero-order valence-electron chi connectivity index (χ0n) is 22.2. The molecule has 0 amide bonds. The third-order valence-electron chi connectivity index (χ3n) is 6.30. The molecule has 2 aliphatic heterocycles. The van der Waals surface area contributed by atoms with Crippen LogP contribution in [0.25, 0.3) is 0 Å². The topological polar surface area (TPSA) is 150 Å². The van der Waals surface area contributed by atoms with Gasteiger partial charge in [0, 0.05) is 35.4 Å². The van der Waals surface area contributed by atoms with Gasteiger partial charge in [-0.2, -0.15) is 0 Å². The van der Waals surface area contributed by atoms with Crippen LogP contribution >= 0.6 is 34.8 Å². The Morgan fingerprint density at radius 3 is 1.87 bits per heavy atom. The predicted octanol–water partition coefficient (Wildman–Crippen LogP) is 1.76. The normalized spacial score (nSPS) is 37.8. The van der Waals surface area contributed by atoms with Gasteiger partial charge in [0.05, 0.1) is 13.2 Å². The molecule has 0 aromatic carbocycles. The Hall–Kier alpha value is -1.00. The summed E-state index contributed by atoms with van der Waals surface area (Å²) < 4.78 is 54.4. The van der Waals surface area contributed by atoms with Gasteiger partial charge in [0.15, 0.2) is 24.6 Å². The fourth-order valence-corrected chi connectivity index (χ4v) is 4.87. The van der Waals surface area contributed by atoms with Gasteiger partial charge in [-0.25, -0.2) is 4.79 Å². The van der Waals surface area contributed by atoms with E-state index in [1.54, 1.807) is 13.8 Å². The molecule has 16 heteroatoms. The number of methoxy groups -OCH3 is 5. The van der Waals surface area contributed by atoms with E-state index < -0.39 is 82.5 Å². The van der Waals surface area contributed by atoms with Crippen molar-refractivity contribution >= 4 is 52.6 Å². The summed E-state index contributed by atoms with van der Waals surface area (Å²) in [6.07, 6.45) is -10.0. The van der Waals surface area contributed by atoms with Gasteiger partial charge >= 0.3 is 11.9 Å². The summed E-state index contributed by atoms with van der Waals surface area (Å²) >= 11 is 17.4. The van der Waals surface area contributed by atoms with Crippen molar-refractivity contribution in [2.75, 3.05) is 35.5 Å². The maximum Gasteiger partial charge on any atom is 0.337 e. The van der Waals surface area contributed by atoms with Gasteiger partial charge in [-0.1, -0.05) is 34.8 Å². The lowest BCUT2D eigenvalue weighted by atomic mass is 9.85. The molecular weight excluding hydrogens is 577 g/mol. The first-order valence-corrected chi connectivity index (χ1v) is 12.5. The van der Waals surface area contributed by atoms with Gasteiger partial charge in [-0.15, -0.1) is 0 Å². The molecule has 10 atom stereocenters. The predicted molar refractivity (Wildman–Crippen MR) is 132 cm³/mol. The summed E-state index contributed by atoms with van der Waals surface area (Å²) in [7, 11) is 6.64. The second kappa shape index (κ2) is 13.6. The van der Waals surface area contributed by atoms with Gasteiger partial charge in [0.2, 0.25) is 12.2 Å². The number of hydrogen-bond donors (Lipinski definition) is 1. The standard InChI is InChI=1S/C22H34Cl3NO12/c1-9-15(31-6)21(3,16(32-7)19(34-9)37-20(26)22(23,24)25)38-18-14(35-10(2)27)12(30-5)11(29-4)13(36-18)17(28)33-8/h9,11-16,18-19,26H,1-8H3/t9-,11-,12-,13-,14+,15-,16-,18-,19?,21+/m0/s1. The van der Waals surface area contributed by atoms with E-state index in [-0.39, 0.29) is 0 Å². The van der Waals surface area contributed by atoms with E-state index in [1.165, 1.54) is 42.5 Å². The summed E-state index contributed by atoms with van der Waals surface area (Å²) in [5, 5.41) is 7.99. The molecule has 1 unspecified atom stereocenters.